The quantitative estimate of drug-likeness (QED) is 0.165. The Bertz CT molecular complexity index is 1120. The number of ether oxygens (including phenoxy) is 2. The summed E-state index contributed by atoms with van der Waals surface area (Å²) in [6.07, 6.45) is 3.10. The third kappa shape index (κ3) is 8.91. The Balaban J connectivity index is 0.000000201. The molecule has 0 atom stereocenters. The van der Waals surface area contributed by atoms with Gasteiger partial charge in [-0.2, -0.15) is 0 Å². The summed E-state index contributed by atoms with van der Waals surface area (Å²) in [5, 5.41) is 0.282. The fraction of sp³-hybridized carbons (Fsp3) is 0.143. The maximum absolute atomic E-state index is 11.4. The topological polar surface area (TPSA) is 78.4 Å². The molecule has 0 unspecified atom stereocenters. The molecule has 6 nitrogen and oxygen atoms in total. The molecular weight excluding hydrogens is 544 g/mol. The number of aromatic nitrogens is 2. The molecule has 8 heteroatoms. The van der Waals surface area contributed by atoms with Gasteiger partial charge in [0.1, 0.15) is 36.1 Å². The lowest BCUT2D eigenvalue weighted by Crippen LogP contribution is -2.03. The minimum atomic E-state index is -0.189. The summed E-state index contributed by atoms with van der Waals surface area (Å²) in [7, 11) is 0. The van der Waals surface area contributed by atoms with E-state index in [0.29, 0.717) is 36.1 Å². The Morgan fingerprint density at radius 3 is 1.47 bits per heavy atom. The monoisotopic (exact) mass is 566 g/mol. The Morgan fingerprint density at radius 1 is 0.667 bits per heavy atom. The first kappa shape index (κ1) is 27.0. The Morgan fingerprint density at radius 2 is 1.11 bits per heavy atom. The van der Waals surface area contributed by atoms with Crippen molar-refractivity contribution in [1.29, 1.82) is 0 Å². The van der Waals surface area contributed by atoms with Gasteiger partial charge in [0.25, 0.3) is 0 Å². The van der Waals surface area contributed by atoms with Crippen molar-refractivity contribution in [3.05, 3.63) is 120 Å². The normalized spacial score (nSPS) is 10.1. The predicted molar refractivity (Wildman–Crippen MR) is 143 cm³/mol. The van der Waals surface area contributed by atoms with E-state index in [9.17, 15) is 9.59 Å². The molecule has 0 bridgehead atoms. The molecular formula is C28H24BrClN2O4. The zero-order chi connectivity index (χ0) is 25.6. The first-order valence-corrected chi connectivity index (χ1v) is 12.7. The molecule has 0 saturated carbocycles. The van der Waals surface area contributed by atoms with Crippen LogP contribution in [-0.2, 0) is 13.2 Å². The van der Waals surface area contributed by atoms with E-state index in [-0.39, 0.29) is 22.8 Å². The van der Waals surface area contributed by atoms with Crippen LogP contribution in [0.5, 0.6) is 11.5 Å². The molecule has 0 amide bonds. The number of halogens is 2. The Labute approximate surface area is 223 Å². The standard InChI is InChI=1S/C14H12BrNO2.C14H12ClNO2/c2*15-8-14(17)13-7-6-12(9-16-13)18-10-11-4-2-1-3-5-11/h2*1-7,9H,8,10H2. The number of rotatable bonds is 10. The second-order valence-electron chi connectivity index (χ2n) is 7.42. The summed E-state index contributed by atoms with van der Waals surface area (Å²) >= 11 is 8.56. The van der Waals surface area contributed by atoms with E-state index in [1.807, 2.05) is 60.7 Å². The van der Waals surface area contributed by atoms with Crippen LogP contribution >= 0.6 is 27.5 Å². The first-order valence-electron chi connectivity index (χ1n) is 11.0. The molecule has 0 aliphatic rings. The summed E-state index contributed by atoms with van der Waals surface area (Å²) in [5.41, 5.74) is 2.98. The van der Waals surface area contributed by atoms with Gasteiger partial charge < -0.3 is 9.47 Å². The van der Waals surface area contributed by atoms with Crippen molar-refractivity contribution in [1.82, 2.24) is 9.97 Å². The molecule has 36 heavy (non-hydrogen) atoms. The lowest BCUT2D eigenvalue weighted by atomic mass is 10.2. The average Bonchev–Trinajstić information content (AvgIpc) is 2.96. The highest BCUT2D eigenvalue weighted by molar-refractivity contribution is 9.09. The highest BCUT2D eigenvalue weighted by Gasteiger charge is 2.06. The highest BCUT2D eigenvalue weighted by Crippen LogP contribution is 2.13. The zero-order valence-corrected chi connectivity index (χ0v) is 21.7. The number of carbonyl (C=O) groups excluding carboxylic acids is 2. The molecule has 184 valence electrons. The minimum Gasteiger partial charge on any atom is -0.487 e. The van der Waals surface area contributed by atoms with E-state index < -0.39 is 0 Å². The van der Waals surface area contributed by atoms with Crippen LogP contribution in [0, 0.1) is 0 Å². The van der Waals surface area contributed by atoms with E-state index in [4.69, 9.17) is 21.1 Å². The number of ketones is 2. The van der Waals surface area contributed by atoms with Crippen LogP contribution in [0.1, 0.15) is 32.1 Å². The van der Waals surface area contributed by atoms with Gasteiger partial charge in [0.15, 0.2) is 11.6 Å². The van der Waals surface area contributed by atoms with Gasteiger partial charge >= 0.3 is 0 Å². The third-order valence-corrected chi connectivity index (χ3v) is 5.54. The number of alkyl halides is 2. The number of nitrogens with zero attached hydrogens (tertiary/aromatic N) is 2. The van der Waals surface area contributed by atoms with Crippen molar-refractivity contribution in [3.63, 3.8) is 0 Å². The highest BCUT2D eigenvalue weighted by atomic mass is 79.9. The summed E-state index contributed by atoms with van der Waals surface area (Å²) in [6, 6.07) is 26.5. The largest absolute Gasteiger partial charge is 0.487 e. The van der Waals surface area contributed by atoms with E-state index >= 15 is 0 Å². The third-order valence-electron chi connectivity index (χ3n) is 4.78. The van der Waals surface area contributed by atoms with Crippen LogP contribution in [0.2, 0.25) is 0 Å². The van der Waals surface area contributed by atoms with Gasteiger partial charge in [-0.05, 0) is 35.4 Å². The lowest BCUT2D eigenvalue weighted by Gasteiger charge is -2.06. The minimum absolute atomic E-state index is 0.0374. The maximum Gasteiger partial charge on any atom is 0.195 e. The summed E-state index contributed by atoms with van der Waals surface area (Å²) < 4.78 is 11.1. The first-order chi connectivity index (χ1) is 17.6. The molecule has 0 aliphatic heterocycles. The fourth-order valence-electron chi connectivity index (χ4n) is 2.88. The van der Waals surface area contributed by atoms with Gasteiger partial charge in [-0.15, -0.1) is 11.6 Å². The fourth-order valence-corrected chi connectivity index (χ4v) is 3.30. The number of pyridine rings is 2. The van der Waals surface area contributed by atoms with Crippen molar-refractivity contribution in [2.45, 2.75) is 13.2 Å². The predicted octanol–water partition coefficient (Wildman–Crippen LogP) is 6.32. The van der Waals surface area contributed by atoms with Crippen LogP contribution in [0.15, 0.2) is 97.3 Å². The van der Waals surface area contributed by atoms with Gasteiger partial charge in [0.2, 0.25) is 0 Å². The summed E-state index contributed by atoms with van der Waals surface area (Å²) in [6.45, 7) is 0.972. The number of hydrogen-bond acceptors (Lipinski definition) is 6. The molecule has 0 spiro atoms. The van der Waals surface area contributed by atoms with Crippen molar-refractivity contribution in [2.75, 3.05) is 11.2 Å². The second kappa shape index (κ2) is 14.8. The number of carbonyl (C=O) groups is 2. The van der Waals surface area contributed by atoms with E-state index in [2.05, 4.69) is 25.9 Å². The van der Waals surface area contributed by atoms with Gasteiger partial charge in [0, 0.05) is 0 Å². The molecule has 2 aromatic carbocycles. The maximum atomic E-state index is 11.4. The molecule has 4 aromatic rings. The SMILES string of the molecule is O=C(CBr)c1ccc(OCc2ccccc2)cn1.O=C(CCl)c1ccc(OCc2ccccc2)cn1. The van der Waals surface area contributed by atoms with E-state index in [1.54, 1.807) is 30.5 Å². The molecule has 2 heterocycles. The second-order valence-corrected chi connectivity index (χ2v) is 8.25. The van der Waals surface area contributed by atoms with Gasteiger partial charge in [-0.25, -0.2) is 9.97 Å². The number of hydrogen-bond donors (Lipinski definition) is 0. The van der Waals surface area contributed by atoms with Gasteiger partial charge in [-0.3, -0.25) is 9.59 Å². The van der Waals surface area contributed by atoms with E-state index in [0.717, 1.165) is 11.1 Å². The van der Waals surface area contributed by atoms with Crippen molar-refractivity contribution in [2.24, 2.45) is 0 Å². The molecule has 0 aliphatic carbocycles. The van der Waals surface area contributed by atoms with Gasteiger partial charge in [0.05, 0.1) is 23.6 Å². The number of Topliss-reactive ketones (excluding diaryl/α,β-unsaturated/α-hetero) is 2. The van der Waals surface area contributed by atoms with E-state index in [1.165, 1.54) is 6.20 Å². The molecule has 0 fully saturated rings. The average molecular weight is 568 g/mol. The van der Waals surface area contributed by atoms with Crippen molar-refractivity contribution >= 4 is 39.1 Å². The van der Waals surface area contributed by atoms with Crippen LogP contribution in [0.3, 0.4) is 0 Å². The summed E-state index contributed by atoms with van der Waals surface area (Å²) in [5.74, 6) is 1.00. The summed E-state index contributed by atoms with van der Waals surface area (Å²) in [4.78, 5) is 30.7. The zero-order valence-electron chi connectivity index (χ0n) is 19.3. The van der Waals surface area contributed by atoms with Crippen LogP contribution < -0.4 is 9.47 Å². The molecule has 2 aromatic heterocycles. The van der Waals surface area contributed by atoms with Crippen LogP contribution in [-0.4, -0.2) is 32.7 Å². The van der Waals surface area contributed by atoms with Crippen molar-refractivity contribution < 1.29 is 19.1 Å². The van der Waals surface area contributed by atoms with Crippen LogP contribution in [0.4, 0.5) is 0 Å². The smallest absolute Gasteiger partial charge is 0.195 e. The van der Waals surface area contributed by atoms with Crippen molar-refractivity contribution in [3.8, 4) is 11.5 Å². The molecule has 4 rings (SSSR count). The van der Waals surface area contributed by atoms with Gasteiger partial charge in [-0.1, -0.05) is 76.6 Å². The van der Waals surface area contributed by atoms with Crippen LogP contribution in [0.25, 0.3) is 0 Å². The molecule has 0 saturated heterocycles. The lowest BCUT2D eigenvalue weighted by molar-refractivity contribution is 0.100. The molecule has 0 N–H and O–H groups in total. The molecule has 0 radical (unpaired) electrons. The Hall–Kier alpha value is -3.55. The Kier molecular flexibility index (Phi) is 11.1. The number of benzene rings is 2.